The van der Waals surface area contributed by atoms with Crippen molar-refractivity contribution in [2.75, 3.05) is 39.3 Å². The third-order valence-corrected chi connectivity index (χ3v) is 4.40. The molecule has 22 heavy (non-hydrogen) atoms. The summed E-state index contributed by atoms with van der Waals surface area (Å²) in [5.74, 6) is 0.733. The third-order valence-electron chi connectivity index (χ3n) is 4.40. The number of rotatable bonds is 3. The van der Waals surface area contributed by atoms with Crippen molar-refractivity contribution in [2.24, 2.45) is 11.8 Å². The van der Waals surface area contributed by atoms with E-state index in [0.29, 0.717) is 32.2 Å². The van der Waals surface area contributed by atoms with Crippen LogP contribution in [0.5, 0.6) is 0 Å². The summed E-state index contributed by atoms with van der Waals surface area (Å²) in [5.41, 5.74) is 0. The zero-order chi connectivity index (χ0) is 16.1. The molecule has 2 aliphatic rings. The Morgan fingerprint density at radius 2 is 1.91 bits per heavy atom. The fourth-order valence-corrected chi connectivity index (χ4v) is 3.08. The number of nitrogens with one attached hydrogen (secondary N) is 1. The molecule has 0 saturated carbocycles. The lowest BCUT2D eigenvalue weighted by Crippen LogP contribution is -2.57. The lowest BCUT2D eigenvalue weighted by molar-refractivity contribution is -0.140. The number of hydrogen-bond acceptors (Lipinski definition) is 4. The van der Waals surface area contributed by atoms with Gasteiger partial charge in [-0.3, -0.25) is 4.79 Å². The van der Waals surface area contributed by atoms with Crippen molar-refractivity contribution >= 4 is 12.0 Å². The Morgan fingerprint density at radius 3 is 2.50 bits per heavy atom. The Morgan fingerprint density at radius 1 is 1.23 bits per heavy atom. The molecule has 0 bridgehead atoms. The number of nitrogens with zero attached hydrogens (tertiary/aromatic N) is 2. The smallest absolute Gasteiger partial charge is 0.409 e. The van der Waals surface area contributed by atoms with E-state index in [1.54, 1.807) is 4.90 Å². The van der Waals surface area contributed by atoms with Crippen LogP contribution in [0.25, 0.3) is 0 Å². The molecule has 2 fully saturated rings. The van der Waals surface area contributed by atoms with Crippen molar-refractivity contribution in [1.29, 1.82) is 0 Å². The van der Waals surface area contributed by atoms with Crippen molar-refractivity contribution in [3.8, 4) is 0 Å². The van der Waals surface area contributed by atoms with Crippen molar-refractivity contribution in [3.63, 3.8) is 0 Å². The number of carbonyl (C=O) groups is 2. The number of piperazine rings is 1. The van der Waals surface area contributed by atoms with Crippen molar-refractivity contribution in [1.82, 2.24) is 15.1 Å². The van der Waals surface area contributed by atoms with E-state index in [9.17, 15) is 9.59 Å². The molecule has 6 nitrogen and oxygen atoms in total. The largest absolute Gasteiger partial charge is 0.449 e. The molecule has 0 aromatic heterocycles. The maximum atomic E-state index is 12.6. The standard InChI is InChI=1S/C16H29N3O3/c1-12(2)11-22-16(21)18-8-9-19(13(3)10-18)15(20)14-4-6-17-7-5-14/h12-14,17H,4-11H2,1-3H3/t13-/m1/s1. The molecule has 0 radical (unpaired) electrons. The SMILES string of the molecule is CC(C)COC(=O)N1CCN(C(=O)C2CCNCC2)[C@H](C)C1. The minimum absolute atomic E-state index is 0.0581. The van der Waals surface area contributed by atoms with Crippen molar-refractivity contribution < 1.29 is 14.3 Å². The molecule has 0 aromatic rings. The summed E-state index contributed by atoms with van der Waals surface area (Å²) in [5, 5.41) is 3.29. The molecule has 0 spiro atoms. The van der Waals surface area contributed by atoms with Crippen LogP contribution in [0.2, 0.25) is 0 Å². The maximum absolute atomic E-state index is 12.6. The highest BCUT2D eigenvalue weighted by atomic mass is 16.6. The van der Waals surface area contributed by atoms with Gasteiger partial charge in [0, 0.05) is 31.6 Å². The summed E-state index contributed by atoms with van der Waals surface area (Å²) in [4.78, 5) is 28.3. The van der Waals surface area contributed by atoms with E-state index >= 15 is 0 Å². The van der Waals surface area contributed by atoms with Gasteiger partial charge in [-0.2, -0.15) is 0 Å². The highest BCUT2D eigenvalue weighted by molar-refractivity contribution is 5.79. The van der Waals surface area contributed by atoms with Crippen LogP contribution in [-0.4, -0.2) is 67.2 Å². The van der Waals surface area contributed by atoms with Crippen LogP contribution >= 0.6 is 0 Å². The van der Waals surface area contributed by atoms with Crippen LogP contribution in [0, 0.1) is 11.8 Å². The molecular formula is C16H29N3O3. The lowest BCUT2D eigenvalue weighted by Gasteiger charge is -2.41. The van der Waals surface area contributed by atoms with E-state index in [0.717, 1.165) is 25.9 Å². The number of ether oxygens (including phenoxy) is 1. The summed E-state index contributed by atoms with van der Waals surface area (Å²) < 4.78 is 5.28. The third kappa shape index (κ3) is 4.35. The molecule has 1 atom stereocenters. The van der Waals surface area contributed by atoms with Gasteiger partial charge in [0.25, 0.3) is 0 Å². The first-order valence-corrected chi connectivity index (χ1v) is 8.42. The zero-order valence-electron chi connectivity index (χ0n) is 14.0. The molecule has 2 heterocycles. The van der Waals surface area contributed by atoms with Gasteiger partial charge < -0.3 is 19.9 Å². The molecule has 2 aliphatic heterocycles. The van der Waals surface area contributed by atoms with E-state index in [1.807, 2.05) is 25.7 Å². The number of hydrogen-bond donors (Lipinski definition) is 1. The first-order valence-electron chi connectivity index (χ1n) is 8.42. The van der Waals surface area contributed by atoms with E-state index in [4.69, 9.17) is 4.74 Å². The molecular weight excluding hydrogens is 282 g/mol. The van der Waals surface area contributed by atoms with Crippen LogP contribution < -0.4 is 5.32 Å². The Kier molecular flexibility index (Phi) is 6.06. The molecule has 126 valence electrons. The van der Waals surface area contributed by atoms with E-state index in [2.05, 4.69) is 5.32 Å². The average Bonchev–Trinajstić information content (AvgIpc) is 2.52. The van der Waals surface area contributed by atoms with Gasteiger partial charge in [0.05, 0.1) is 6.61 Å². The summed E-state index contributed by atoms with van der Waals surface area (Å²) in [7, 11) is 0. The second-order valence-electron chi connectivity index (χ2n) is 6.82. The van der Waals surface area contributed by atoms with Crippen molar-refractivity contribution in [2.45, 2.75) is 39.7 Å². The summed E-state index contributed by atoms with van der Waals surface area (Å²) in [6.07, 6.45) is 1.58. The Balaban J connectivity index is 1.84. The second-order valence-corrected chi connectivity index (χ2v) is 6.82. The number of piperidine rings is 1. The van der Waals surface area contributed by atoms with Gasteiger partial charge >= 0.3 is 6.09 Å². The Labute approximate surface area is 133 Å². The first-order chi connectivity index (χ1) is 10.5. The van der Waals surface area contributed by atoms with Gasteiger partial charge in [0.1, 0.15) is 0 Å². The van der Waals surface area contributed by atoms with Crippen molar-refractivity contribution in [3.05, 3.63) is 0 Å². The minimum atomic E-state index is -0.255. The van der Waals surface area contributed by atoms with Crippen LogP contribution in [0.4, 0.5) is 4.79 Å². The van der Waals surface area contributed by atoms with E-state index < -0.39 is 0 Å². The fourth-order valence-electron chi connectivity index (χ4n) is 3.08. The Bertz CT molecular complexity index is 394. The molecule has 0 aliphatic carbocycles. The normalized spacial score (nSPS) is 23.7. The van der Waals surface area contributed by atoms with Crippen LogP contribution in [0.3, 0.4) is 0 Å². The highest BCUT2D eigenvalue weighted by Crippen LogP contribution is 2.19. The number of carbonyl (C=O) groups excluding carboxylic acids is 2. The highest BCUT2D eigenvalue weighted by Gasteiger charge is 2.34. The predicted octanol–water partition coefficient (Wildman–Crippen LogP) is 1.31. The minimum Gasteiger partial charge on any atom is -0.449 e. The quantitative estimate of drug-likeness (QED) is 0.854. The van der Waals surface area contributed by atoms with Gasteiger partial charge in [0.2, 0.25) is 5.91 Å². The van der Waals surface area contributed by atoms with Crippen LogP contribution in [0.1, 0.15) is 33.6 Å². The van der Waals surface area contributed by atoms with Gasteiger partial charge in [-0.05, 0) is 38.8 Å². The summed E-state index contributed by atoms with van der Waals surface area (Å²) in [6.45, 7) is 10.1. The molecule has 1 N–H and O–H groups in total. The number of amides is 2. The van der Waals surface area contributed by atoms with Gasteiger partial charge in [-0.1, -0.05) is 13.8 Å². The molecule has 2 amide bonds. The molecule has 0 unspecified atom stereocenters. The summed E-state index contributed by atoms with van der Waals surface area (Å²) in [6, 6.07) is 0.0581. The topological polar surface area (TPSA) is 61.9 Å². The van der Waals surface area contributed by atoms with E-state index in [-0.39, 0.29) is 24.0 Å². The first kappa shape index (κ1) is 17.1. The maximum Gasteiger partial charge on any atom is 0.409 e. The fraction of sp³-hybridized carbons (Fsp3) is 0.875. The molecule has 0 aromatic carbocycles. The zero-order valence-corrected chi connectivity index (χ0v) is 14.0. The van der Waals surface area contributed by atoms with Crippen LogP contribution in [0.15, 0.2) is 0 Å². The Hall–Kier alpha value is -1.30. The van der Waals surface area contributed by atoms with Crippen LogP contribution in [-0.2, 0) is 9.53 Å². The predicted molar refractivity (Wildman–Crippen MR) is 84.5 cm³/mol. The van der Waals surface area contributed by atoms with Gasteiger partial charge in [-0.25, -0.2) is 4.79 Å². The average molecular weight is 311 g/mol. The monoisotopic (exact) mass is 311 g/mol. The lowest BCUT2D eigenvalue weighted by atomic mass is 9.95. The summed E-state index contributed by atoms with van der Waals surface area (Å²) >= 11 is 0. The molecule has 2 saturated heterocycles. The molecule has 6 heteroatoms. The van der Waals surface area contributed by atoms with E-state index in [1.165, 1.54) is 0 Å². The van der Waals surface area contributed by atoms with Gasteiger partial charge in [0.15, 0.2) is 0 Å². The molecule has 2 rings (SSSR count). The van der Waals surface area contributed by atoms with Gasteiger partial charge in [-0.15, -0.1) is 0 Å². The second kappa shape index (κ2) is 7.81.